The summed E-state index contributed by atoms with van der Waals surface area (Å²) in [5, 5.41) is 19.0. The number of phenolic OH excluding ortho intramolecular Hbond substituents is 1. The molecule has 0 unspecified atom stereocenters. The molecule has 1 aliphatic heterocycles. The van der Waals surface area contributed by atoms with Crippen molar-refractivity contribution in [2.45, 2.75) is 12.5 Å². The molecule has 0 radical (unpaired) electrons. The Balaban J connectivity index is 1.85. The number of methoxy groups -OCH3 is 1. The van der Waals surface area contributed by atoms with E-state index in [-0.39, 0.29) is 24.0 Å². The molecule has 1 aliphatic rings. The number of nitrogens with zero attached hydrogens (tertiary/aromatic N) is 1. The largest absolute Gasteiger partial charge is 0.504 e. The van der Waals surface area contributed by atoms with Crippen LogP contribution in [-0.4, -0.2) is 49.4 Å². The highest BCUT2D eigenvalue weighted by Crippen LogP contribution is 2.25. The van der Waals surface area contributed by atoms with Crippen molar-refractivity contribution in [2.75, 3.05) is 20.2 Å². The fraction of sp³-hybridized carbons (Fsp3) is 0.357. The Kier molecular flexibility index (Phi) is 5.31. The molecule has 2 amide bonds. The first-order valence-electron chi connectivity index (χ1n) is 6.80. The summed E-state index contributed by atoms with van der Waals surface area (Å²) in [4.78, 5) is 23.2. The van der Waals surface area contributed by atoms with Crippen LogP contribution < -0.4 is 20.8 Å². The van der Waals surface area contributed by atoms with Crippen LogP contribution in [0.2, 0.25) is 0 Å². The second-order valence-corrected chi connectivity index (χ2v) is 4.73. The van der Waals surface area contributed by atoms with Crippen LogP contribution in [-0.2, 0) is 9.59 Å². The number of hydrogen-bond donors (Lipinski definition) is 4. The number of carbonyl (C=O) groups excluding carboxylic acids is 2. The van der Waals surface area contributed by atoms with E-state index in [2.05, 4.69) is 21.2 Å². The minimum atomic E-state index is -0.533. The van der Waals surface area contributed by atoms with Crippen LogP contribution >= 0.6 is 0 Å². The van der Waals surface area contributed by atoms with Gasteiger partial charge in [-0.1, -0.05) is 0 Å². The van der Waals surface area contributed by atoms with E-state index in [0.29, 0.717) is 24.4 Å². The number of aromatic hydroxyl groups is 1. The van der Waals surface area contributed by atoms with Gasteiger partial charge in [-0.25, -0.2) is 5.43 Å². The zero-order valence-electron chi connectivity index (χ0n) is 12.1. The number of benzene rings is 1. The SMILES string of the molecule is COc1ccc(/C=N\NC(=O)C[C@H]2NCCNC2=O)cc1O. The van der Waals surface area contributed by atoms with Gasteiger partial charge in [0.2, 0.25) is 11.8 Å². The Hall–Kier alpha value is -2.61. The summed E-state index contributed by atoms with van der Waals surface area (Å²) in [6.45, 7) is 1.20. The Morgan fingerprint density at radius 2 is 2.36 bits per heavy atom. The lowest BCUT2D eigenvalue weighted by Crippen LogP contribution is -2.54. The molecule has 0 saturated carbocycles. The van der Waals surface area contributed by atoms with E-state index in [4.69, 9.17) is 4.74 Å². The number of amides is 2. The van der Waals surface area contributed by atoms with Gasteiger partial charge in [0.15, 0.2) is 11.5 Å². The van der Waals surface area contributed by atoms with Gasteiger partial charge in [-0.05, 0) is 23.8 Å². The Labute approximate surface area is 127 Å². The minimum Gasteiger partial charge on any atom is -0.504 e. The number of phenols is 1. The van der Waals surface area contributed by atoms with Crippen molar-refractivity contribution < 1.29 is 19.4 Å². The topological polar surface area (TPSA) is 112 Å². The number of piperazine rings is 1. The lowest BCUT2D eigenvalue weighted by molar-refractivity contribution is -0.129. The van der Waals surface area contributed by atoms with Crippen molar-refractivity contribution in [1.82, 2.24) is 16.1 Å². The summed E-state index contributed by atoms with van der Waals surface area (Å²) < 4.78 is 4.93. The van der Waals surface area contributed by atoms with Crippen LogP contribution in [0, 0.1) is 0 Å². The van der Waals surface area contributed by atoms with Crippen LogP contribution in [0.5, 0.6) is 11.5 Å². The Morgan fingerprint density at radius 3 is 3.05 bits per heavy atom. The number of ether oxygens (including phenoxy) is 1. The number of carbonyl (C=O) groups is 2. The zero-order chi connectivity index (χ0) is 15.9. The fourth-order valence-electron chi connectivity index (χ4n) is 2.01. The average molecular weight is 306 g/mol. The number of hydrazone groups is 1. The van der Waals surface area contributed by atoms with Gasteiger partial charge in [-0.15, -0.1) is 0 Å². The Bertz CT molecular complexity index is 588. The molecule has 0 bridgehead atoms. The van der Waals surface area contributed by atoms with Crippen LogP contribution in [0.3, 0.4) is 0 Å². The highest BCUT2D eigenvalue weighted by Gasteiger charge is 2.23. The fourth-order valence-corrected chi connectivity index (χ4v) is 2.01. The van der Waals surface area contributed by atoms with Crippen LogP contribution in [0.15, 0.2) is 23.3 Å². The van der Waals surface area contributed by atoms with E-state index < -0.39 is 6.04 Å². The summed E-state index contributed by atoms with van der Waals surface area (Å²) in [5.41, 5.74) is 2.95. The standard InChI is InChI=1S/C14H18N4O4/c1-22-12-3-2-9(6-11(12)19)8-17-18-13(20)7-10-14(21)16-5-4-15-10/h2-3,6,8,10,15,19H,4-5,7H2,1H3,(H,16,21)(H,18,20)/b17-8-/t10-/m1/s1. The highest BCUT2D eigenvalue weighted by molar-refractivity contribution is 5.89. The molecular weight excluding hydrogens is 288 g/mol. The predicted molar refractivity (Wildman–Crippen MR) is 79.8 cm³/mol. The normalized spacial score (nSPS) is 18.0. The van der Waals surface area contributed by atoms with Crippen LogP contribution in [0.25, 0.3) is 0 Å². The molecule has 0 aromatic heterocycles. The van der Waals surface area contributed by atoms with Crippen molar-refractivity contribution in [3.05, 3.63) is 23.8 Å². The molecule has 0 spiro atoms. The number of hydrogen-bond acceptors (Lipinski definition) is 6. The molecule has 1 fully saturated rings. The second kappa shape index (κ2) is 7.41. The minimum absolute atomic E-state index is 0.0109. The smallest absolute Gasteiger partial charge is 0.242 e. The van der Waals surface area contributed by atoms with Gasteiger partial charge in [0.1, 0.15) is 0 Å². The predicted octanol–water partition coefficient (Wildman–Crippen LogP) is -0.671. The van der Waals surface area contributed by atoms with E-state index in [1.807, 2.05) is 0 Å². The molecule has 0 aliphatic carbocycles. The lowest BCUT2D eigenvalue weighted by Gasteiger charge is -2.22. The molecule has 1 saturated heterocycles. The average Bonchev–Trinajstić information content (AvgIpc) is 2.50. The number of nitrogens with one attached hydrogen (secondary N) is 3. The molecule has 22 heavy (non-hydrogen) atoms. The monoisotopic (exact) mass is 306 g/mol. The molecule has 1 aromatic carbocycles. The van der Waals surface area contributed by atoms with Gasteiger partial charge in [0.25, 0.3) is 0 Å². The number of rotatable bonds is 5. The molecule has 2 rings (SSSR count). The summed E-state index contributed by atoms with van der Waals surface area (Å²) in [5.74, 6) is -0.217. The van der Waals surface area contributed by atoms with E-state index in [0.717, 1.165) is 0 Å². The molecule has 1 atom stereocenters. The maximum absolute atomic E-state index is 11.7. The third-order valence-corrected chi connectivity index (χ3v) is 3.13. The van der Waals surface area contributed by atoms with Crippen molar-refractivity contribution in [1.29, 1.82) is 0 Å². The van der Waals surface area contributed by atoms with Crippen molar-refractivity contribution >= 4 is 18.0 Å². The van der Waals surface area contributed by atoms with Crippen molar-refractivity contribution in [3.8, 4) is 11.5 Å². The van der Waals surface area contributed by atoms with Gasteiger partial charge < -0.3 is 20.5 Å². The summed E-state index contributed by atoms with van der Waals surface area (Å²) in [6.07, 6.45) is 1.41. The summed E-state index contributed by atoms with van der Waals surface area (Å²) >= 11 is 0. The first-order valence-corrected chi connectivity index (χ1v) is 6.80. The van der Waals surface area contributed by atoms with E-state index in [1.165, 1.54) is 19.4 Å². The van der Waals surface area contributed by atoms with Crippen molar-refractivity contribution in [3.63, 3.8) is 0 Å². The van der Waals surface area contributed by atoms with Gasteiger partial charge in [0.05, 0.1) is 25.8 Å². The molecule has 4 N–H and O–H groups in total. The zero-order valence-corrected chi connectivity index (χ0v) is 12.1. The third kappa shape index (κ3) is 4.19. The third-order valence-electron chi connectivity index (χ3n) is 3.13. The first-order chi connectivity index (χ1) is 10.6. The summed E-state index contributed by atoms with van der Waals surface area (Å²) in [6, 6.07) is 4.21. The van der Waals surface area contributed by atoms with Gasteiger partial charge in [-0.3, -0.25) is 9.59 Å². The van der Waals surface area contributed by atoms with E-state index in [1.54, 1.807) is 12.1 Å². The molecule has 8 nitrogen and oxygen atoms in total. The lowest BCUT2D eigenvalue weighted by atomic mass is 10.1. The van der Waals surface area contributed by atoms with Crippen LogP contribution in [0.4, 0.5) is 0 Å². The maximum Gasteiger partial charge on any atom is 0.242 e. The van der Waals surface area contributed by atoms with Gasteiger partial charge in [-0.2, -0.15) is 5.10 Å². The van der Waals surface area contributed by atoms with Gasteiger partial charge in [0, 0.05) is 13.1 Å². The molecule has 8 heteroatoms. The molecule has 1 aromatic rings. The molecule has 1 heterocycles. The molecular formula is C14H18N4O4. The Morgan fingerprint density at radius 1 is 1.55 bits per heavy atom. The molecule has 118 valence electrons. The maximum atomic E-state index is 11.7. The first kappa shape index (κ1) is 15.8. The van der Waals surface area contributed by atoms with Crippen LogP contribution in [0.1, 0.15) is 12.0 Å². The van der Waals surface area contributed by atoms with Gasteiger partial charge >= 0.3 is 0 Å². The van der Waals surface area contributed by atoms with E-state index in [9.17, 15) is 14.7 Å². The summed E-state index contributed by atoms with van der Waals surface area (Å²) in [7, 11) is 1.46. The quantitative estimate of drug-likeness (QED) is 0.426. The van der Waals surface area contributed by atoms with E-state index >= 15 is 0 Å². The highest BCUT2D eigenvalue weighted by atomic mass is 16.5. The van der Waals surface area contributed by atoms with Crippen molar-refractivity contribution in [2.24, 2.45) is 5.10 Å². The second-order valence-electron chi connectivity index (χ2n) is 4.73.